The summed E-state index contributed by atoms with van der Waals surface area (Å²) < 4.78 is 10.7. The first kappa shape index (κ1) is 14.6. The summed E-state index contributed by atoms with van der Waals surface area (Å²) in [5.41, 5.74) is 0.589. The van der Waals surface area contributed by atoms with Gasteiger partial charge in [-0.2, -0.15) is 0 Å². The molecule has 0 radical (unpaired) electrons. The molecule has 0 bridgehead atoms. The second-order valence-electron chi connectivity index (χ2n) is 4.18. The van der Waals surface area contributed by atoms with Crippen molar-refractivity contribution in [3.8, 4) is 0 Å². The van der Waals surface area contributed by atoms with Gasteiger partial charge >= 0.3 is 11.9 Å². The van der Waals surface area contributed by atoms with Crippen LogP contribution in [-0.4, -0.2) is 23.4 Å². The van der Waals surface area contributed by atoms with Gasteiger partial charge < -0.3 is 8.37 Å². The molecule has 0 aromatic carbocycles. The molecule has 0 fully saturated rings. The first-order chi connectivity index (χ1) is 8.36. The summed E-state index contributed by atoms with van der Waals surface area (Å²) in [5, 5.41) is 0. The Morgan fingerprint density at radius 1 is 1.06 bits per heavy atom. The van der Waals surface area contributed by atoms with Gasteiger partial charge in [0.05, 0.1) is 11.5 Å². The van der Waals surface area contributed by atoms with Crippen molar-refractivity contribution in [2.45, 2.75) is 20.3 Å². The van der Waals surface area contributed by atoms with Crippen LogP contribution in [0.3, 0.4) is 0 Å². The van der Waals surface area contributed by atoms with Crippen molar-refractivity contribution in [3.05, 3.63) is 36.5 Å². The molecule has 0 aromatic rings. The molecule has 4 nitrogen and oxygen atoms in total. The van der Waals surface area contributed by atoms with Crippen molar-refractivity contribution in [1.82, 2.24) is 0 Å². The Morgan fingerprint density at radius 3 is 1.89 bits per heavy atom. The molecule has 0 N–H and O–H groups in total. The van der Waals surface area contributed by atoms with Crippen LogP contribution in [0, 0.1) is 0 Å². The minimum absolute atomic E-state index is 0.294. The van der Waals surface area contributed by atoms with Gasteiger partial charge in [-0.05, 0) is 20.3 Å². The first-order valence-corrected chi connectivity index (χ1v) is 7.41. The Morgan fingerprint density at radius 2 is 1.56 bits per heavy atom. The molecule has 1 heterocycles. The highest BCUT2D eigenvalue weighted by Gasteiger charge is 2.29. The molecular weight excluding hydrogens is 252 g/mol. The highest BCUT2D eigenvalue weighted by Crippen LogP contribution is 2.53. The maximum atomic E-state index is 11.6. The maximum absolute atomic E-state index is 11.6. The quantitative estimate of drug-likeness (QED) is 0.582. The van der Waals surface area contributed by atoms with Crippen LogP contribution in [0.1, 0.15) is 20.3 Å². The fourth-order valence-corrected chi connectivity index (χ4v) is 3.51. The van der Waals surface area contributed by atoms with Crippen LogP contribution in [0.25, 0.3) is 0 Å². The third-order valence-corrected chi connectivity index (χ3v) is 4.73. The fourth-order valence-electron chi connectivity index (χ4n) is 1.25. The van der Waals surface area contributed by atoms with Gasteiger partial charge in [0.1, 0.15) is 0 Å². The lowest BCUT2D eigenvalue weighted by Gasteiger charge is -2.42. The lowest BCUT2D eigenvalue weighted by molar-refractivity contribution is -0.132. The summed E-state index contributed by atoms with van der Waals surface area (Å²) in [4.78, 5) is 23.3. The highest BCUT2D eigenvalue weighted by molar-refractivity contribution is 8.26. The van der Waals surface area contributed by atoms with E-state index in [1.54, 1.807) is 13.8 Å². The molecule has 0 aliphatic carbocycles. The van der Waals surface area contributed by atoms with Gasteiger partial charge in [-0.1, -0.05) is 25.3 Å². The zero-order chi connectivity index (χ0) is 13.8. The Balaban J connectivity index is 2.85. The predicted octanol–water partition coefficient (Wildman–Crippen LogP) is 2.82. The molecule has 0 aromatic heterocycles. The molecular formula is C13H18O4S. The van der Waals surface area contributed by atoms with Crippen LogP contribution < -0.4 is 0 Å². The van der Waals surface area contributed by atoms with Crippen LogP contribution in [0.15, 0.2) is 36.5 Å². The number of carbonyl (C=O) groups is 2. The number of carbonyl (C=O) groups excluding carboxylic acids is 2. The van der Waals surface area contributed by atoms with E-state index in [1.165, 1.54) is 0 Å². The summed E-state index contributed by atoms with van der Waals surface area (Å²) in [6, 6.07) is 0. The Bertz CT molecular complexity index is 395. The van der Waals surface area contributed by atoms with E-state index in [2.05, 4.69) is 13.2 Å². The highest BCUT2D eigenvalue weighted by atomic mass is 32.3. The van der Waals surface area contributed by atoms with Gasteiger partial charge in [-0.25, -0.2) is 9.59 Å². The predicted molar refractivity (Wildman–Crippen MR) is 72.9 cm³/mol. The summed E-state index contributed by atoms with van der Waals surface area (Å²) in [6.45, 7) is 10.2. The molecule has 5 heteroatoms. The van der Waals surface area contributed by atoms with Crippen molar-refractivity contribution in [2.75, 3.05) is 11.5 Å². The molecule has 100 valence electrons. The summed E-state index contributed by atoms with van der Waals surface area (Å²) in [5.74, 6) is -0.0725. The molecule has 0 spiro atoms. The van der Waals surface area contributed by atoms with Gasteiger partial charge in [0.15, 0.2) is 0 Å². The van der Waals surface area contributed by atoms with Crippen molar-refractivity contribution < 1.29 is 18.0 Å². The molecule has 0 saturated heterocycles. The van der Waals surface area contributed by atoms with Crippen LogP contribution in [0.4, 0.5) is 0 Å². The van der Waals surface area contributed by atoms with Crippen LogP contribution >= 0.6 is 10.6 Å². The van der Waals surface area contributed by atoms with Gasteiger partial charge in [0.2, 0.25) is 0 Å². The van der Waals surface area contributed by atoms with Gasteiger partial charge in [-0.15, -0.1) is 10.6 Å². The van der Waals surface area contributed by atoms with E-state index >= 15 is 0 Å². The van der Waals surface area contributed by atoms with E-state index in [-0.39, 0.29) is 0 Å². The number of hydrogen-bond donors (Lipinski definition) is 0. The van der Waals surface area contributed by atoms with Gasteiger partial charge in [-0.3, -0.25) is 0 Å². The largest absolute Gasteiger partial charge is 0.355 e. The van der Waals surface area contributed by atoms with Crippen LogP contribution in [-0.2, 0) is 18.0 Å². The van der Waals surface area contributed by atoms with Gasteiger partial charge in [0, 0.05) is 11.1 Å². The topological polar surface area (TPSA) is 52.6 Å². The Labute approximate surface area is 109 Å². The van der Waals surface area contributed by atoms with E-state index in [0.717, 1.165) is 6.42 Å². The van der Waals surface area contributed by atoms with Crippen molar-refractivity contribution in [2.24, 2.45) is 0 Å². The summed E-state index contributed by atoms with van der Waals surface area (Å²) in [6.07, 6.45) is 4.58. The molecule has 1 aliphatic rings. The Kier molecular flexibility index (Phi) is 4.78. The van der Waals surface area contributed by atoms with E-state index in [4.69, 9.17) is 8.37 Å². The average molecular weight is 270 g/mol. The SMILES string of the molecule is C=C(C)C(=O)OS1(OC(=O)C(=C)C)CC=CCC1. The molecule has 18 heavy (non-hydrogen) atoms. The van der Waals surface area contributed by atoms with Crippen molar-refractivity contribution in [3.63, 3.8) is 0 Å². The average Bonchev–Trinajstić information content (AvgIpc) is 2.29. The Hall–Kier alpha value is -1.49. The third-order valence-electron chi connectivity index (χ3n) is 2.26. The smallest absolute Gasteiger partial charge is 0.340 e. The monoisotopic (exact) mass is 270 g/mol. The maximum Gasteiger partial charge on any atom is 0.355 e. The van der Waals surface area contributed by atoms with E-state index in [0.29, 0.717) is 22.7 Å². The lowest BCUT2D eigenvalue weighted by Crippen LogP contribution is -2.24. The van der Waals surface area contributed by atoms with E-state index in [9.17, 15) is 9.59 Å². The zero-order valence-electron chi connectivity index (χ0n) is 10.7. The summed E-state index contributed by atoms with van der Waals surface area (Å²) >= 11 is 0. The third kappa shape index (κ3) is 3.77. The lowest BCUT2D eigenvalue weighted by atomic mass is 10.4. The number of allylic oxidation sites excluding steroid dienone is 1. The second-order valence-corrected chi connectivity index (χ2v) is 6.74. The van der Waals surface area contributed by atoms with Crippen molar-refractivity contribution >= 4 is 22.5 Å². The van der Waals surface area contributed by atoms with Crippen LogP contribution in [0.2, 0.25) is 0 Å². The minimum atomic E-state index is -2.19. The standard InChI is InChI=1S/C13H18O4S/c1-10(2)12(14)16-18(8-6-5-7-9-18)17-13(15)11(3)4/h5-6H,1,3,7-9H2,2,4H3. The second kappa shape index (κ2) is 5.91. The normalized spacial score (nSPS) is 18.6. The van der Waals surface area contributed by atoms with Crippen molar-refractivity contribution in [1.29, 1.82) is 0 Å². The molecule has 1 rings (SSSR count). The molecule has 0 atom stereocenters. The van der Waals surface area contributed by atoms with E-state index < -0.39 is 22.5 Å². The summed E-state index contributed by atoms with van der Waals surface area (Å²) in [7, 11) is -2.19. The number of hydrogen-bond acceptors (Lipinski definition) is 4. The fraction of sp³-hybridized carbons (Fsp3) is 0.385. The molecule has 1 aliphatic heterocycles. The van der Waals surface area contributed by atoms with E-state index in [1.807, 2.05) is 12.2 Å². The van der Waals surface area contributed by atoms with Crippen LogP contribution in [0.5, 0.6) is 0 Å². The molecule has 0 saturated carbocycles. The number of rotatable bonds is 4. The van der Waals surface area contributed by atoms with Gasteiger partial charge in [0.25, 0.3) is 0 Å². The first-order valence-electron chi connectivity index (χ1n) is 5.58. The molecule has 0 unspecified atom stereocenters. The minimum Gasteiger partial charge on any atom is -0.340 e. The molecule has 0 amide bonds. The zero-order valence-corrected chi connectivity index (χ0v) is 11.5.